The average molecular weight is 275 g/mol. The van der Waals surface area contributed by atoms with Crippen molar-refractivity contribution in [3.05, 3.63) is 35.6 Å². The van der Waals surface area contributed by atoms with E-state index in [4.69, 9.17) is 0 Å². The molecule has 1 saturated carbocycles. The summed E-state index contributed by atoms with van der Waals surface area (Å²) in [7, 11) is 0. The molecule has 0 saturated heterocycles. The van der Waals surface area contributed by atoms with Gasteiger partial charge in [0.1, 0.15) is 11.4 Å². The second kappa shape index (κ2) is 4.86. The van der Waals surface area contributed by atoms with Gasteiger partial charge in [0.05, 0.1) is 11.5 Å². The van der Waals surface area contributed by atoms with Gasteiger partial charge in [0.15, 0.2) is 0 Å². The van der Waals surface area contributed by atoms with E-state index in [0.717, 1.165) is 12.8 Å². The number of hydrogen-bond acceptors (Lipinski definition) is 2. The predicted molar refractivity (Wildman–Crippen MR) is 76.3 cm³/mol. The molecule has 0 aromatic heterocycles. The lowest BCUT2D eigenvalue weighted by Crippen LogP contribution is -2.46. The van der Waals surface area contributed by atoms with E-state index >= 15 is 0 Å². The van der Waals surface area contributed by atoms with Crippen LogP contribution in [-0.2, 0) is 5.60 Å². The van der Waals surface area contributed by atoms with Crippen LogP contribution in [0.5, 0.6) is 0 Å². The molecule has 0 heterocycles. The van der Waals surface area contributed by atoms with Crippen LogP contribution in [0.1, 0.15) is 52.0 Å². The van der Waals surface area contributed by atoms with E-state index in [1.807, 2.05) is 0 Å². The Kier molecular flexibility index (Phi) is 3.64. The maximum Gasteiger partial charge on any atom is 0.123 e. The third kappa shape index (κ3) is 2.45. The van der Waals surface area contributed by atoms with Gasteiger partial charge in [0, 0.05) is 0 Å². The molecule has 1 unspecified atom stereocenters. The Balaban J connectivity index is 2.36. The van der Waals surface area contributed by atoms with Gasteiger partial charge in [-0.1, -0.05) is 26.0 Å². The lowest BCUT2D eigenvalue weighted by Gasteiger charge is -2.47. The summed E-state index contributed by atoms with van der Waals surface area (Å²) in [6, 6.07) is 8.19. The van der Waals surface area contributed by atoms with E-state index in [1.165, 1.54) is 12.1 Å². The minimum atomic E-state index is -1.26. The fourth-order valence-corrected chi connectivity index (χ4v) is 3.11. The predicted octanol–water partition coefficient (Wildman–Crippen LogP) is 4.14. The topological polar surface area (TPSA) is 44.0 Å². The number of halogens is 1. The van der Waals surface area contributed by atoms with Gasteiger partial charge in [-0.25, -0.2) is 4.39 Å². The molecule has 0 radical (unpaired) electrons. The molecular weight excluding hydrogens is 253 g/mol. The van der Waals surface area contributed by atoms with Gasteiger partial charge in [0.2, 0.25) is 0 Å². The van der Waals surface area contributed by atoms with E-state index in [-0.39, 0.29) is 11.2 Å². The highest BCUT2D eigenvalue weighted by Crippen LogP contribution is 2.53. The van der Waals surface area contributed by atoms with Crippen molar-refractivity contribution in [1.29, 1.82) is 5.26 Å². The summed E-state index contributed by atoms with van der Waals surface area (Å²) in [4.78, 5) is 0. The molecule has 1 N–H and O–H groups in total. The zero-order valence-corrected chi connectivity index (χ0v) is 12.4. The molecule has 1 fully saturated rings. The average Bonchev–Trinajstić information content (AvgIpc) is 2.39. The monoisotopic (exact) mass is 275 g/mol. The molecule has 20 heavy (non-hydrogen) atoms. The fraction of sp³-hybridized carbons (Fsp3) is 0.588. The first-order valence-electron chi connectivity index (χ1n) is 7.12. The molecule has 0 spiro atoms. The number of hydrogen-bond donors (Lipinski definition) is 1. The van der Waals surface area contributed by atoms with Crippen molar-refractivity contribution in [3.63, 3.8) is 0 Å². The largest absolute Gasteiger partial charge is 0.384 e. The van der Waals surface area contributed by atoms with E-state index in [2.05, 4.69) is 19.9 Å². The molecule has 3 heteroatoms. The number of nitriles is 1. The summed E-state index contributed by atoms with van der Waals surface area (Å²) >= 11 is 0. The normalized spacial score (nSPS) is 23.6. The van der Waals surface area contributed by atoms with Gasteiger partial charge in [0.25, 0.3) is 0 Å². The molecule has 0 amide bonds. The van der Waals surface area contributed by atoms with Gasteiger partial charge >= 0.3 is 0 Å². The molecule has 2 nitrogen and oxygen atoms in total. The Labute approximate surface area is 120 Å². The van der Waals surface area contributed by atoms with Crippen LogP contribution in [0, 0.1) is 28.0 Å². The minimum Gasteiger partial charge on any atom is -0.384 e. The Hall–Kier alpha value is -1.40. The van der Waals surface area contributed by atoms with Crippen molar-refractivity contribution in [2.45, 2.75) is 52.1 Å². The van der Waals surface area contributed by atoms with Crippen molar-refractivity contribution < 1.29 is 9.50 Å². The lowest BCUT2D eigenvalue weighted by atomic mass is 9.58. The number of benzene rings is 1. The second-order valence-electron chi connectivity index (χ2n) is 6.94. The van der Waals surface area contributed by atoms with E-state index in [1.54, 1.807) is 19.1 Å². The second-order valence-corrected chi connectivity index (χ2v) is 6.94. The number of rotatable bonds is 2. The van der Waals surface area contributed by atoms with Crippen LogP contribution in [0.15, 0.2) is 24.3 Å². The Morgan fingerprint density at radius 3 is 2.10 bits per heavy atom. The van der Waals surface area contributed by atoms with Gasteiger partial charge < -0.3 is 5.11 Å². The Morgan fingerprint density at radius 1 is 1.15 bits per heavy atom. The molecule has 1 aromatic rings. The first kappa shape index (κ1) is 15.0. The third-order valence-corrected chi connectivity index (χ3v) is 5.01. The molecule has 0 bridgehead atoms. The van der Waals surface area contributed by atoms with Crippen molar-refractivity contribution in [1.82, 2.24) is 0 Å². The maximum atomic E-state index is 13.0. The zero-order chi connectivity index (χ0) is 15.0. The first-order chi connectivity index (χ1) is 9.22. The Morgan fingerprint density at radius 2 is 1.65 bits per heavy atom. The number of nitrogens with zero attached hydrogens (tertiary/aromatic N) is 1. The summed E-state index contributed by atoms with van der Waals surface area (Å²) in [5.41, 5.74) is -1.22. The SMILES string of the molecule is CC1(C)CCC(C#N)(C(C)(O)c2ccc(F)cc2)CC1. The number of aliphatic hydroxyl groups is 1. The summed E-state index contributed by atoms with van der Waals surface area (Å²) in [5.74, 6) is -0.333. The van der Waals surface area contributed by atoms with Crippen LogP contribution in [-0.4, -0.2) is 5.11 Å². The van der Waals surface area contributed by atoms with Crippen LogP contribution in [0.3, 0.4) is 0 Å². The highest BCUT2D eigenvalue weighted by atomic mass is 19.1. The van der Waals surface area contributed by atoms with Crippen molar-refractivity contribution in [2.24, 2.45) is 10.8 Å². The van der Waals surface area contributed by atoms with Crippen molar-refractivity contribution in [3.8, 4) is 6.07 Å². The van der Waals surface area contributed by atoms with Gasteiger partial charge in [-0.3, -0.25) is 0 Å². The fourth-order valence-electron chi connectivity index (χ4n) is 3.11. The van der Waals surface area contributed by atoms with Crippen LogP contribution in [0.2, 0.25) is 0 Å². The molecule has 108 valence electrons. The molecule has 1 atom stereocenters. The van der Waals surface area contributed by atoms with Gasteiger partial charge in [-0.15, -0.1) is 0 Å². The van der Waals surface area contributed by atoms with E-state index < -0.39 is 11.0 Å². The van der Waals surface area contributed by atoms with Crippen LogP contribution < -0.4 is 0 Å². The molecular formula is C17H22FNO. The van der Waals surface area contributed by atoms with Crippen LogP contribution in [0.25, 0.3) is 0 Å². The van der Waals surface area contributed by atoms with Gasteiger partial charge in [-0.2, -0.15) is 5.26 Å². The summed E-state index contributed by atoms with van der Waals surface area (Å²) in [6.45, 7) is 6.07. The summed E-state index contributed by atoms with van der Waals surface area (Å²) in [6.07, 6.45) is 3.16. The molecule has 1 aromatic carbocycles. The smallest absolute Gasteiger partial charge is 0.123 e. The first-order valence-corrected chi connectivity index (χ1v) is 7.12. The molecule has 0 aliphatic heterocycles. The van der Waals surface area contributed by atoms with E-state index in [9.17, 15) is 14.8 Å². The van der Waals surface area contributed by atoms with Crippen LogP contribution in [0.4, 0.5) is 4.39 Å². The molecule has 1 aliphatic carbocycles. The summed E-state index contributed by atoms with van der Waals surface area (Å²) in [5, 5.41) is 20.7. The van der Waals surface area contributed by atoms with Crippen molar-refractivity contribution in [2.75, 3.05) is 0 Å². The lowest BCUT2D eigenvalue weighted by molar-refractivity contribution is -0.0773. The van der Waals surface area contributed by atoms with Crippen molar-refractivity contribution >= 4 is 0 Å². The summed E-state index contributed by atoms with van der Waals surface area (Å²) < 4.78 is 13.0. The highest BCUT2D eigenvalue weighted by Gasteiger charge is 2.51. The maximum absolute atomic E-state index is 13.0. The minimum absolute atomic E-state index is 0.221. The molecule has 1 aliphatic rings. The van der Waals surface area contributed by atoms with Gasteiger partial charge in [-0.05, 0) is 55.7 Å². The Bertz CT molecular complexity index is 515. The quantitative estimate of drug-likeness (QED) is 0.881. The third-order valence-electron chi connectivity index (χ3n) is 5.01. The molecule has 2 rings (SSSR count). The van der Waals surface area contributed by atoms with Crippen LogP contribution >= 0.6 is 0 Å². The highest BCUT2D eigenvalue weighted by molar-refractivity contribution is 5.29. The zero-order valence-electron chi connectivity index (χ0n) is 12.4. The standard InChI is InChI=1S/C17H22FNO/c1-15(2)8-10-17(12-19,11-9-15)16(3,20)13-4-6-14(18)7-5-13/h4-7,20H,8-11H2,1-3H3. The van der Waals surface area contributed by atoms with E-state index in [0.29, 0.717) is 18.4 Å².